The molecule has 9 nitrogen and oxygen atoms in total. The molecule has 8 rings (SSSR count). The maximum Gasteiger partial charge on any atom is 0.417 e. The van der Waals surface area contributed by atoms with Crippen LogP contribution < -0.4 is 10.3 Å². The summed E-state index contributed by atoms with van der Waals surface area (Å²) < 4.78 is 41.2. The van der Waals surface area contributed by atoms with Crippen LogP contribution in [0, 0.1) is 30.6 Å². The number of aromatic nitrogens is 1. The summed E-state index contributed by atoms with van der Waals surface area (Å²) in [6.07, 6.45) is -2.13. The highest BCUT2D eigenvalue weighted by molar-refractivity contribution is 9.10. The fourth-order valence-electron chi connectivity index (χ4n) is 8.86. The van der Waals surface area contributed by atoms with E-state index in [1.54, 1.807) is 67.6 Å². The fourth-order valence-corrected chi connectivity index (χ4v) is 9.46. The van der Waals surface area contributed by atoms with Gasteiger partial charge in [-0.05, 0) is 90.9 Å². The molecule has 4 amide bonds. The smallest absolute Gasteiger partial charge is 0.417 e. The first-order valence-corrected chi connectivity index (χ1v) is 18.4. The second kappa shape index (κ2) is 13.0. The Bertz CT molecular complexity index is 2300. The van der Waals surface area contributed by atoms with Gasteiger partial charge in [0.1, 0.15) is 5.75 Å². The SMILES string of the molecule is Cc1cc([C@H]2C3=CC[C@@H]4C(=O)N(c5ccc(Br)cc5)C(=O)[C@@H]4[C@@H]3C[C@H]3C(=O)N(Nc4ncc(C(F)(F)F)cc4Cl)C(=O)[C@@]23c2ccc(Cl)cc2)ccc1O. The number of nitrogens with one attached hydrogen (secondary N) is 1. The largest absolute Gasteiger partial charge is 0.508 e. The molecule has 54 heavy (non-hydrogen) atoms. The third-order valence-corrected chi connectivity index (χ3v) is 12.3. The Balaban J connectivity index is 1.31. The molecule has 276 valence electrons. The van der Waals surface area contributed by atoms with Crippen molar-refractivity contribution in [1.29, 1.82) is 0 Å². The van der Waals surface area contributed by atoms with Crippen molar-refractivity contribution in [2.45, 2.75) is 37.3 Å². The van der Waals surface area contributed by atoms with Gasteiger partial charge in [0.15, 0.2) is 5.82 Å². The number of hydrogen-bond donors (Lipinski definition) is 2. The molecule has 0 spiro atoms. The number of anilines is 2. The lowest BCUT2D eigenvalue weighted by molar-refractivity contribution is -0.139. The number of carbonyl (C=O) groups excluding carboxylic acids is 4. The second-order valence-electron chi connectivity index (χ2n) is 14.0. The number of rotatable bonds is 5. The van der Waals surface area contributed by atoms with Crippen molar-refractivity contribution < 1.29 is 37.5 Å². The van der Waals surface area contributed by atoms with E-state index >= 15 is 4.79 Å². The van der Waals surface area contributed by atoms with Gasteiger partial charge in [-0.1, -0.05) is 75.0 Å². The number of alkyl halides is 3. The summed E-state index contributed by atoms with van der Waals surface area (Å²) in [5.41, 5.74) is 2.38. The molecule has 3 heterocycles. The minimum Gasteiger partial charge on any atom is -0.508 e. The zero-order valence-corrected chi connectivity index (χ0v) is 31.2. The Morgan fingerprint density at radius 3 is 2.28 bits per heavy atom. The standard InChI is InChI=1S/C39H28BrCl2F3N4O5/c1-18-14-19(2-13-30(18)50)32-25-11-12-26-31(36(53)48(34(26)51)24-9-5-22(40)6-10-24)27(25)16-28-35(52)49(37(54)38(28,32)20-3-7-23(41)8-4-20)47-33-29(42)15-21(17-46-33)39(43,44)45/h2-11,13-15,17,26-28,31-32,50H,12,16H2,1H3,(H,46,47)/t26-,27+,28-,31-,32-,38+/m0/s1. The normalized spacial score (nSPS) is 26.4. The lowest BCUT2D eigenvalue weighted by Gasteiger charge is -2.50. The minimum atomic E-state index is -4.74. The Labute approximate surface area is 324 Å². The number of hydrogen-bond acceptors (Lipinski definition) is 7. The van der Waals surface area contributed by atoms with E-state index in [1.165, 1.54) is 11.0 Å². The number of benzene rings is 3. The number of pyridine rings is 1. The molecule has 4 aromatic rings. The number of allylic oxidation sites excluding steroid dienone is 2. The molecule has 2 saturated heterocycles. The van der Waals surface area contributed by atoms with Crippen LogP contribution in [-0.4, -0.2) is 38.7 Å². The van der Waals surface area contributed by atoms with Gasteiger partial charge in [0, 0.05) is 21.6 Å². The van der Waals surface area contributed by atoms with Crippen LogP contribution in [0.25, 0.3) is 0 Å². The average Bonchev–Trinajstić information content (AvgIpc) is 3.51. The zero-order chi connectivity index (χ0) is 38.4. The van der Waals surface area contributed by atoms with E-state index in [0.29, 0.717) is 45.2 Å². The third-order valence-electron chi connectivity index (χ3n) is 11.2. The van der Waals surface area contributed by atoms with Gasteiger partial charge in [-0.25, -0.2) is 4.98 Å². The molecule has 0 bridgehead atoms. The number of aromatic hydroxyl groups is 1. The Morgan fingerprint density at radius 2 is 1.63 bits per heavy atom. The minimum absolute atomic E-state index is 0.00253. The van der Waals surface area contributed by atoms with Crippen molar-refractivity contribution in [1.82, 2.24) is 9.99 Å². The Morgan fingerprint density at radius 1 is 0.926 bits per heavy atom. The zero-order valence-electron chi connectivity index (χ0n) is 28.1. The number of nitrogens with zero attached hydrogens (tertiary/aromatic N) is 3. The molecule has 2 aliphatic carbocycles. The average molecular weight is 840 g/mol. The molecule has 3 fully saturated rings. The fraction of sp³-hybridized carbons (Fsp3) is 0.256. The maximum atomic E-state index is 15.3. The van der Waals surface area contributed by atoms with Crippen LogP contribution >= 0.6 is 39.1 Å². The van der Waals surface area contributed by atoms with Crippen molar-refractivity contribution in [3.63, 3.8) is 0 Å². The number of phenolic OH excluding ortho intramolecular Hbond substituents is 1. The van der Waals surface area contributed by atoms with Crippen molar-refractivity contribution >= 4 is 74.3 Å². The van der Waals surface area contributed by atoms with Gasteiger partial charge in [-0.2, -0.15) is 18.2 Å². The van der Waals surface area contributed by atoms with E-state index in [4.69, 9.17) is 23.2 Å². The van der Waals surface area contributed by atoms with Crippen molar-refractivity contribution in [3.05, 3.63) is 127 Å². The Hall–Kier alpha value is -4.72. The van der Waals surface area contributed by atoms with Crippen LogP contribution in [0.2, 0.25) is 10.0 Å². The van der Waals surface area contributed by atoms with Gasteiger partial charge in [0.2, 0.25) is 11.8 Å². The van der Waals surface area contributed by atoms with Crippen LogP contribution in [0.15, 0.2) is 95.1 Å². The second-order valence-corrected chi connectivity index (χ2v) is 15.7. The van der Waals surface area contributed by atoms with E-state index in [1.807, 2.05) is 6.08 Å². The summed E-state index contributed by atoms with van der Waals surface area (Å²) in [7, 11) is 0. The van der Waals surface area contributed by atoms with Gasteiger partial charge >= 0.3 is 6.18 Å². The molecular weight excluding hydrogens is 812 g/mol. The lowest BCUT2D eigenvalue weighted by Crippen LogP contribution is -2.53. The van der Waals surface area contributed by atoms with Crippen molar-refractivity contribution in [3.8, 4) is 5.75 Å². The summed E-state index contributed by atoms with van der Waals surface area (Å²) in [6, 6.07) is 18.8. The molecule has 1 saturated carbocycles. The molecule has 0 unspecified atom stereocenters. The predicted octanol–water partition coefficient (Wildman–Crippen LogP) is 8.37. The van der Waals surface area contributed by atoms with E-state index < -0.39 is 69.5 Å². The van der Waals surface area contributed by atoms with E-state index in [9.17, 15) is 32.7 Å². The number of hydrazine groups is 1. The number of aryl methyl sites for hydroxylation is 1. The molecule has 15 heteroatoms. The summed E-state index contributed by atoms with van der Waals surface area (Å²) >= 11 is 16.0. The monoisotopic (exact) mass is 838 g/mol. The lowest BCUT2D eigenvalue weighted by atomic mass is 9.49. The van der Waals surface area contributed by atoms with Gasteiger partial charge in [0.25, 0.3) is 11.8 Å². The molecule has 3 aromatic carbocycles. The van der Waals surface area contributed by atoms with Gasteiger partial charge in [-0.15, -0.1) is 0 Å². The molecule has 2 N–H and O–H groups in total. The molecule has 6 atom stereocenters. The quantitative estimate of drug-likeness (QED) is 0.153. The van der Waals surface area contributed by atoms with Crippen LogP contribution in [0.1, 0.15) is 41.0 Å². The number of fused-ring (bicyclic) bond motifs is 4. The predicted molar refractivity (Wildman–Crippen MR) is 196 cm³/mol. The van der Waals surface area contributed by atoms with Crippen LogP contribution in [-0.2, 0) is 30.8 Å². The first kappa shape index (κ1) is 36.3. The van der Waals surface area contributed by atoms with E-state index in [0.717, 1.165) is 9.48 Å². The number of imide groups is 2. The first-order valence-electron chi connectivity index (χ1n) is 16.9. The number of phenols is 1. The summed E-state index contributed by atoms with van der Waals surface area (Å²) in [5.74, 6) is -6.93. The Kier molecular flexibility index (Phi) is 8.70. The molecule has 4 aliphatic rings. The van der Waals surface area contributed by atoms with E-state index in [2.05, 4.69) is 26.3 Å². The van der Waals surface area contributed by atoms with Crippen LogP contribution in [0.5, 0.6) is 5.75 Å². The van der Waals surface area contributed by atoms with Gasteiger partial charge in [-0.3, -0.25) is 29.5 Å². The highest BCUT2D eigenvalue weighted by atomic mass is 79.9. The summed E-state index contributed by atoms with van der Waals surface area (Å²) in [4.78, 5) is 63.5. The molecule has 0 radical (unpaired) electrons. The third kappa shape index (κ3) is 5.45. The number of carbonyl (C=O) groups is 4. The van der Waals surface area contributed by atoms with Crippen molar-refractivity contribution in [2.75, 3.05) is 10.3 Å². The number of halogens is 6. The molecular formula is C39H28BrCl2F3N4O5. The maximum absolute atomic E-state index is 15.3. The number of amides is 4. The van der Waals surface area contributed by atoms with Crippen LogP contribution in [0.3, 0.4) is 0 Å². The van der Waals surface area contributed by atoms with Crippen LogP contribution in [0.4, 0.5) is 24.7 Å². The first-order chi connectivity index (χ1) is 25.6. The van der Waals surface area contributed by atoms with Crippen molar-refractivity contribution in [2.24, 2.45) is 23.7 Å². The topological polar surface area (TPSA) is 120 Å². The van der Waals surface area contributed by atoms with E-state index in [-0.39, 0.29) is 30.3 Å². The highest BCUT2D eigenvalue weighted by Gasteiger charge is 2.70. The summed E-state index contributed by atoms with van der Waals surface area (Å²) in [5, 5.41) is 11.2. The van der Waals surface area contributed by atoms with Gasteiger partial charge < -0.3 is 5.11 Å². The highest BCUT2D eigenvalue weighted by Crippen LogP contribution is 2.64. The molecule has 2 aliphatic heterocycles. The molecule has 1 aromatic heterocycles. The van der Waals surface area contributed by atoms with Gasteiger partial charge in [0.05, 0.1) is 39.4 Å². The summed E-state index contributed by atoms with van der Waals surface area (Å²) in [6.45, 7) is 1.69.